The quantitative estimate of drug-likeness (QED) is 0.384. The summed E-state index contributed by atoms with van der Waals surface area (Å²) in [7, 11) is 1.72. The standard InChI is InChI=1S/C18H30N4O.HI/c1-14(2)8-10-20-18(19)21-12-15-9-11-22(13-15)16-6-4-5-7-17(16)23-3;/h4-7,14-15H,8-13H2,1-3H3,(H3,19,20,21);1H. The van der Waals surface area contributed by atoms with E-state index in [2.05, 4.69) is 41.2 Å². The van der Waals surface area contributed by atoms with Gasteiger partial charge in [-0.25, -0.2) is 0 Å². The molecule has 136 valence electrons. The average Bonchev–Trinajstić information content (AvgIpc) is 3.01. The molecule has 0 aromatic heterocycles. The van der Waals surface area contributed by atoms with Gasteiger partial charge in [0.25, 0.3) is 0 Å². The van der Waals surface area contributed by atoms with E-state index in [1.54, 1.807) is 7.11 Å². The first-order valence-electron chi connectivity index (χ1n) is 8.52. The number of rotatable bonds is 7. The molecule has 1 saturated heterocycles. The topological polar surface area (TPSA) is 62.9 Å². The zero-order chi connectivity index (χ0) is 16.7. The van der Waals surface area contributed by atoms with Gasteiger partial charge < -0.3 is 20.7 Å². The molecule has 1 aromatic rings. The summed E-state index contributed by atoms with van der Waals surface area (Å²) >= 11 is 0. The molecule has 5 nitrogen and oxygen atoms in total. The predicted octanol–water partition coefficient (Wildman–Crippen LogP) is 3.09. The molecule has 1 heterocycles. The number of nitrogens with two attached hydrogens (primary N) is 1. The van der Waals surface area contributed by atoms with Crippen LogP contribution in [0.5, 0.6) is 5.75 Å². The second kappa shape index (κ2) is 10.6. The van der Waals surface area contributed by atoms with Crippen LogP contribution in [-0.4, -0.2) is 39.2 Å². The minimum Gasteiger partial charge on any atom is -0.495 e. The Balaban J connectivity index is 0.00000288. The van der Waals surface area contributed by atoms with Crippen molar-refractivity contribution in [2.45, 2.75) is 26.7 Å². The predicted molar refractivity (Wildman–Crippen MR) is 113 cm³/mol. The molecule has 0 amide bonds. The molecule has 1 fully saturated rings. The van der Waals surface area contributed by atoms with E-state index in [0.717, 1.165) is 44.8 Å². The number of methoxy groups -OCH3 is 1. The number of ether oxygens (including phenoxy) is 1. The molecule has 6 heteroatoms. The molecule has 0 spiro atoms. The molecule has 2 rings (SSSR count). The first-order valence-corrected chi connectivity index (χ1v) is 8.52. The van der Waals surface area contributed by atoms with Crippen LogP contribution in [0, 0.1) is 11.8 Å². The van der Waals surface area contributed by atoms with Crippen molar-refractivity contribution in [2.24, 2.45) is 22.6 Å². The highest BCUT2D eigenvalue weighted by Gasteiger charge is 2.24. The van der Waals surface area contributed by atoms with E-state index in [0.29, 0.717) is 17.8 Å². The summed E-state index contributed by atoms with van der Waals surface area (Å²) in [4.78, 5) is 6.88. The molecule has 0 aliphatic carbocycles. The average molecular weight is 446 g/mol. The Hall–Kier alpha value is -1.18. The lowest BCUT2D eigenvalue weighted by molar-refractivity contribution is 0.414. The molecule has 0 saturated carbocycles. The van der Waals surface area contributed by atoms with Crippen molar-refractivity contribution in [1.29, 1.82) is 0 Å². The van der Waals surface area contributed by atoms with Gasteiger partial charge in [0, 0.05) is 26.2 Å². The van der Waals surface area contributed by atoms with E-state index in [9.17, 15) is 0 Å². The summed E-state index contributed by atoms with van der Waals surface area (Å²) in [5.41, 5.74) is 7.11. The lowest BCUT2D eigenvalue weighted by atomic mass is 10.1. The second-order valence-corrected chi connectivity index (χ2v) is 6.61. The molecule has 1 unspecified atom stereocenters. The molecule has 24 heavy (non-hydrogen) atoms. The van der Waals surface area contributed by atoms with E-state index in [4.69, 9.17) is 10.5 Å². The van der Waals surface area contributed by atoms with Gasteiger partial charge in [0.05, 0.1) is 12.8 Å². The van der Waals surface area contributed by atoms with Crippen molar-refractivity contribution in [3.8, 4) is 5.75 Å². The zero-order valence-electron chi connectivity index (χ0n) is 15.0. The molecule has 0 bridgehead atoms. The Labute approximate surface area is 163 Å². The van der Waals surface area contributed by atoms with Gasteiger partial charge in [-0.2, -0.15) is 0 Å². The summed E-state index contributed by atoms with van der Waals surface area (Å²) < 4.78 is 5.46. The van der Waals surface area contributed by atoms with Gasteiger partial charge in [0.2, 0.25) is 0 Å². The van der Waals surface area contributed by atoms with Gasteiger partial charge in [0.1, 0.15) is 5.75 Å². The normalized spacial score (nSPS) is 17.8. The van der Waals surface area contributed by atoms with E-state index >= 15 is 0 Å². The molecular formula is C18H31IN4O. The number of nitrogens with one attached hydrogen (secondary N) is 1. The maximum absolute atomic E-state index is 5.93. The lowest BCUT2D eigenvalue weighted by Gasteiger charge is -2.21. The Morgan fingerprint density at radius 3 is 2.88 bits per heavy atom. The van der Waals surface area contributed by atoms with Gasteiger partial charge in [-0.1, -0.05) is 26.0 Å². The highest BCUT2D eigenvalue weighted by molar-refractivity contribution is 14.0. The number of anilines is 1. The minimum atomic E-state index is 0. The third kappa shape index (κ3) is 6.37. The van der Waals surface area contributed by atoms with Crippen LogP contribution in [-0.2, 0) is 0 Å². The molecule has 0 radical (unpaired) electrons. The number of hydrogen-bond acceptors (Lipinski definition) is 3. The SMILES string of the molecule is COc1ccccc1N1CCC(CN=C(N)NCCC(C)C)C1.I. The summed E-state index contributed by atoms with van der Waals surface area (Å²) in [6.07, 6.45) is 2.25. The molecular weight excluding hydrogens is 415 g/mol. The summed E-state index contributed by atoms with van der Waals surface area (Å²) in [6.45, 7) is 8.14. The lowest BCUT2D eigenvalue weighted by Crippen LogP contribution is -2.33. The van der Waals surface area contributed by atoms with Gasteiger partial charge in [-0.15, -0.1) is 24.0 Å². The van der Waals surface area contributed by atoms with Crippen LogP contribution < -0.4 is 20.7 Å². The van der Waals surface area contributed by atoms with Crippen molar-refractivity contribution < 1.29 is 4.74 Å². The first kappa shape index (κ1) is 20.9. The van der Waals surface area contributed by atoms with Crippen molar-refractivity contribution >= 4 is 35.6 Å². The number of benzene rings is 1. The molecule has 1 aliphatic rings. The Kier molecular flexibility index (Phi) is 9.25. The second-order valence-electron chi connectivity index (χ2n) is 6.61. The molecule has 3 N–H and O–H groups in total. The van der Waals surface area contributed by atoms with Crippen LogP contribution in [0.15, 0.2) is 29.3 Å². The fourth-order valence-electron chi connectivity index (χ4n) is 2.86. The van der Waals surface area contributed by atoms with Crippen LogP contribution in [0.3, 0.4) is 0 Å². The number of halogens is 1. The molecule has 1 aliphatic heterocycles. The highest BCUT2D eigenvalue weighted by Crippen LogP contribution is 2.31. The maximum Gasteiger partial charge on any atom is 0.188 e. The fraction of sp³-hybridized carbons (Fsp3) is 0.611. The third-order valence-corrected chi connectivity index (χ3v) is 4.26. The summed E-state index contributed by atoms with van der Waals surface area (Å²) in [5.74, 6) is 2.73. The summed E-state index contributed by atoms with van der Waals surface area (Å²) in [6, 6.07) is 8.19. The van der Waals surface area contributed by atoms with Gasteiger partial charge in [0.15, 0.2) is 5.96 Å². The van der Waals surface area contributed by atoms with E-state index < -0.39 is 0 Å². The van der Waals surface area contributed by atoms with Crippen molar-refractivity contribution in [2.75, 3.05) is 38.2 Å². The Morgan fingerprint density at radius 1 is 1.42 bits per heavy atom. The van der Waals surface area contributed by atoms with Crippen LogP contribution in [0.2, 0.25) is 0 Å². The van der Waals surface area contributed by atoms with E-state index in [1.165, 1.54) is 5.69 Å². The van der Waals surface area contributed by atoms with Gasteiger partial charge in [-0.05, 0) is 36.8 Å². The largest absolute Gasteiger partial charge is 0.495 e. The molecule has 1 aromatic carbocycles. The van der Waals surface area contributed by atoms with Crippen LogP contribution in [0.1, 0.15) is 26.7 Å². The smallest absolute Gasteiger partial charge is 0.188 e. The monoisotopic (exact) mass is 446 g/mol. The van der Waals surface area contributed by atoms with E-state index in [-0.39, 0.29) is 24.0 Å². The Morgan fingerprint density at radius 2 is 2.17 bits per heavy atom. The number of guanidine groups is 1. The van der Waals surface area contributed by atoms with Gasteiger partial charge in [-0.3, -0.25) is 4.99 Å². The van der Waals surface area contributed by atoms with Gasteiger partial charge >= 0.3 is 0 Å². The van der Waals surface area contributed by atoms with Crippen molar-refractivity contribution in [3.63, 3.8) is 0 Å². The van der Waals surface area contributed by atoms with Crippen LogP contribution >= 0.6 is 24.0 Å². The zero-order valence-corrected chi connectivity index (χ0v) is 17.3. The number of aliphatic imine (C=N–C) groups is 1. The number of nitrogens with zero attached hydrogens (tertiary/aromatic N) is 2. The fourth-order valence-corrected chi connectivity index (χ4v) is 2.86. The highest BCUT2D eigenvalue weighted by atomic mass is 127. The summed E-state index contributed by atoms with van der Waals surface area (Å²) in [5, 5.41) is 3.19. The Bertz CT molecular complexity index is 521. The number of para-hydroxylation sites is 2. The van der Waals surface area contributed by atoms with Crippen LogP contribution in [0.25, 0.3) is 0 Å². The van der Waals surface area contributed by atoms with Crippen LogP contribution in [0.4, 0.5) is 5.69 Å². The van der Waals surface area contributed by atoms with Crippen molar-refractivity contribution in [3.05, 3.63) is 24.3 Å². The van der Waals surface area contributed by atoms with E-state index in [1.807, 2.05) is 12.1 Å². The maximum atomic E-state index is 5.93. The van der Waals surface area contributed by atoms with Crippen molar-refractivity contribution in [1.82, 2.24) is 5.32 Å². The number of hydrogen-bond donors (Lipinski definition) is 2. The first-order chi connectivity index (χ1) is 11.1. The minimum absolute atomic E-state index is 0. The molecule has 1 atom stereocenters. The third-order valence-electron chi connectivity index (χ3n) is 4.26.